The summed E-state index contributed by atoms with van der Waals surface area (Å²) in [7, 11) is 1.52. The molecule has 3 rings (SSSR count). The van der Waals surface area contributed by atoms with Crippen LogP contribution < -0.4 is 0 Å². The Bertz CT molecular complexity index is 957. The molecule has 0 fully saturated rings. The summed E-state index contributed by atoms with van der Waals surface area (Å²) in [5.74, 6) is -0.0852. The molecule has 1 amide bonds. The average Bonchev–Trinajstić information content (AvgIpc) is 2.63. The molecule has 0 aliphatic carbocycles. The molecule has 0 atom stereocenters. The number of carbonyl (C=O) groups is 1. The molecule has 0 aliphatic heterocycles. The Labute approximate surface area is 164 Å². The number of aromatic nitrogens is 1. The van der Waals surface area contributed by atoms with E-state index in [9.17, 15) is 4.79 Å². The highest BCUT2D eigenvalue weighted by atomic mass is 35.5. The Morgan fingerprint density at radius 1 is 1.11 bits per heavy atom. The van der Waals surface area contributed by atoms with Gasteiger partial charge in [-0.2, -0.15) is 0 Å². The van der Waals surface area contributed by atoms with Crippen molar-refractivity contribution < 1.29 is 9.53 Å². The third kappa shape index (κ3) is 4.65. The van der Waals surface area contributed by atoms with Crippen LogP contribution in [0.15, 0.2) is 48.5 Å². The molecule has 0 saturated heterocycles. The van der Waals surface area contributed by atoms with Crippen LogP contribution in [0.5, 0.6) is 0 Å². The highest BCUT2D eigenvalue weighted by molar-refractivity contribution is 6.30. The van der Waals surface area contributed by atoms with Crippen molar-refractivity contribution in [2.75, 3.05) is 13.7 Å². The van der Waals surface area contributed by atoms with Crippen molar-refractivity contribution in [3.05, 3.63) is 75.9 Å². The number of aryl methyl sites for hydroxylation is 2. The number of ether oxygens (including phenoxy) is 1. The summed E-state index contributed by atoms with van der Waals surface area (Å²) in [5, 5.41) is 1.46. The molecule has 27 heavy (non-hydrogen) atoms. The number of pyridine rings is 1. The van der Waals surface area contributed by atoms with Crippen molar-refractivity contribution in [3.8, 4) is 0 Å². The van der Waals surface area contributed by atoms with Crippen LogP contribution in [0.2, 0.25) is 5.15 Å². The van der Waals surface area contributed by atoms with E-state index in [1.807, 2.05) is 43.3 Å². The first-order valence-corrected chi connectivity index (χ1v) is 9.22. The van der Waals surface area contributed by atoms with Gasteiger partial charge < -0.3 is 9.64 Å². The monoisotopic (exact) mass is 382 g/mol. The molecule has 140 valence electrons. The van der Waals surface area contributed by atoms with Gasteiger partial charge in [0.05, 0.1) is 5.52 Å². The first-order chi connectivity index (χ1) is 13.0. The molecule has 0 unspecified atom stereocenters. The number of methoxy groups -OCH3 is 1. The smallest absolute Gasteiger partial charge is 0.249 e. The van der Waals surface area contributed by atoms with Crippen LogP contribution in [0.3, 0.4) is 0 Å². The Kier molecular flexibility index (Phi) is 6.09. The minimum atomic E-state index is -0.0852. The van der Waals surface area contributed by atoms with E-state index in [4.69, 9.17) is 16.3 Å². The van der Waals surface area contributed by atoms with Crippen molar-refractivity contribution >= 4 is 28.4 Å². The average molecular weight is 383 g/mol. The summed E-state index contributed by atoms with van der Waals surface area (Å²) in [5.41, 5.74) is 5.04. The number of halogens is 1. The molecule has 0 saturated carbocycles. The summed E-state index contributed by atoms with van der Waals surface area (Å²) in [6, 6.07) is 16.1. The van der Waals surface area contributed by atoms with E-state index >= 15 is 0 Å². The Morgan fingerprint density at radius 2 is 1.85 bits per heavy atom. The third-order valence-corrected chi connectivity index (χ3v) is 4.80. The number of nitrogens with zero attached hydrogens (tertiary/aromatic N) is 2. The van der Waals surface area contributed by atoms with E-state index in [-0.39, 0.29) is 12.5 Å². The maximum atomic E-state index is 12.6. The Balaban J connectivity index is 1.94. The van der Waals surface area contributed by atoms with Crippen LogP contribution in [-0.2, 0) is 22.6 Å². The predicted octanol–water partition coefficient (Wildman–Crippen LogP) is 4.68. The largest absolute Gasteiger partial charge is 0.375 e. The molecule has 0 spiro atoms. The lowest BCUT2D eigenvalue weighted by Crippen LogP contribution is -2.33. The maximum Gasteiger partial charge on any atom is 0.249 e. The minimum absolute atomic E-state index is 0.0314. The van der Waals surface area contributed by atoms with Crippen molar-refractivity contribution in [2.45, 2.75) is 26.9 Å². The number of hydrogen-bond acceptors (Lipinski definition) is 3. The van der Waals surface area contributed by atoms with E-state index in [2.05, 4.69) is 24.0 Å². The highest BCUT2D eigenvalue weighted by Crippen LogP contribution is 2.26. The lowest BCUT2D eigenvalue weighted by Gasteiger charge is -2.23. The molecule has 3 aromatic rings. The second kappa shape index (κ2) is 8.51. The lowest BCUT2D eigenvalue weighted by molar-refractivity contribution is -0.136. The van der Waals surface area contributed by atoms with Gasteiger partial charge in [0.25, 0.3) is 0 Å². The number of amides is 1. The standard InChI is InChI=1S/C22H23ClN2O2/c1-15-9-16(2)21-18(10-15)11-19(22(23)24-21)13-25(20(26)14-27-3)12-17-7-5-4-6-8-17/h4-11H,12-14H2,1-3H3. The first kappa shape index (κ1) is 19.3. The van der Waals surface area contributed by atoms with Crippen LogP contribution >= 0.6 is 11.6 Å². The van der Waals surface area contributed by atoms with Crippen LogP contribution in [0, 0.1) is 13.8 Å². The lowest BCUT2D eigenvalue weighted by atomic mass is 10.1. The van der Waals surface area contributed by atoms with Gasteiger partial charge in [0.1, 0.15) is 11.8 Å². The zero-order chi connectivity index (χ0) is 19.4. The number of fused-ring (bicyclic) bond motifs is 1. The summed E-state index contributed by atoms with van der Waals surface area (Å²) >= 11 is 6.46. The second-order valence-electron chi connectivity index (χ2n) is 6.76. The summed E-state index contributed by atoms with van der Waals surface area (Å²) in [4.78, 5) is 18.9. The summed E-state index contributed by atoms with van der Waals surface area (Å²) < 4.78 is 5.05. The third-order valence-electron chi connectivity index (χ3n) is 4.48. The van der Waals surface area contributed by atoms with Gasteiger partial charge in [-0.3, -0.25) is 4.79 Å². The molecule has 0 radical (unpaired) electrons. The molecule has 1 aromatic heterocycles. The van der Waals surface area contributed by atoms with Crippen LogP contribution in [0.1, 0.15) is 22.3 Å². The number of carbonyl (C=O) groups excluding carboxylic acids is 1. The maximum absolute atomic E-state index is 12.6. The van der Waals surface area contributed by atoms with E-state index in [1.54, 1.807) is 4.90 Å². The predicted molar refractivity (Wildman–Crippen MR) is 109 cm³/mol. The van der Waals surface area contributed by atoms with Crippen LogP contribution in [0.4, 0.5) is 0 Å². The van der Waals surface area contributed by atoms with E-state index in [0.29, 0.717) is 18.2 Å². The zero-order valence-electron chi connectivity index (χ0n) is 15.8. The fourth-order valence-corrected chi connectivity index (χ4v) is 3.44. The second-order valence-corrected chi connectivity index (χ2v) is 7.12. The SMILES string of the molecule is COCC(=O)N(Cc1ccccc1)Cc1cc2cc(C)cc(C)c2nc1Cl. The van der Waals surface area contributed by atoms with Gasteiger partial charge >= 0.3 is 0 Å². The topological polar surface area (TPSA) is 42.4 Å². The molecular weight excluding hydrogens is 360 g/mol. The molecule has 5 heteroatoms. The van der Waals surface area contributed by atoms with Crippen molar-refractivity contribution in [1.82, 2.24) is 9.88 Å². The van der Waals surface area contributed by atoms with Gasteiger partial charge in [0, 0.05) is 31.1 Å². The number of rotatable bonds is 6. The van der Waals surface area contributed by atoms with Gasteiger partial charge in [0.15, 0.2) is 0 Å². The normalized spacial score (nSPS) is 11.0. The molecule has 0 bridgehead atoms. The van der Waals surface area contributed by atoms with Gasteiger partial charge in [-0.25, -0.2) is 4.98 Å². The van der Waals surface area contributed by atoms with Gasteiger partial charge in [-0.05, 0) is 37.1 Å². The number of benzene rings is 2. The first-order valence-electron chi connectivity index (χ1n) is 8.85. The highest BCUT2D eigenvalue weighted by Gasteiger charge is 2.17. The Morgan fingerprint density at radius 3 is 2.56 bits per heavy atom. The van der Waals surface area contributed by atoms with E-state index in [1.165, 1.54) is 12.7 Å². The minimum Gasteiger partial charge on any atom is -0.375 e. The fraction of sp³-hybridized carbons (Fsp3) is 0.273. The zero-order valence-corrected chi connectivity index (χ0v) is 16.6. The summed E-state index contributed by atoms with van der Waals surface area (Å²) in [6.45, 7) is 4.99. The quantitative estimate of drug-likeness (QED) is 0.581. The van der Waals surface area contributed by atoms with Crippen molar-refractivity contribution in [1.29, 1.82) is 0 Å². The summed E-state index contributed by atoms with van der Waals surface area (Å²) in [6.07, 6.45) is 0. The van der Waals surface area contributed by atoms with E-state index < -0.39 is 0 Å². The molecule has 0 aliphatic rings. The van der Waals surface area contributed by atoms with Crippen LogP contribution in [0.25, 0.3) is 10.9 Å². The fourth-order valence-electron chi connectivity index (χ4n) is 3.24. The van der Waals surface area contributed by atoms with Gasteiger partial charge in [-0.1, -0.05) is 53.6 Å². The molecular formula is C22H23ClN2O2. The Hall–Kier alpha value is -2.43. The number of hydrogen-bond donors (Lipinski definition) is 0. The van der Waals surface area contributed by atoms with E-state index in [0.717, 1.165) is 27.6 Å². The molecule has 2 aromatic carbocycles. The molecule has 1 heterocycles. The van der Waals surface area contributed by atoms with Gasteiger partial charge in [0.2, 0.25) is 5.91 Å². The molecule has 4 nitrogen and oxygen atoms in total. The molecule has 0 N–H and O–H groups in total. The van der Waals surface area contributed by atoms with Gasteiger partial charge in [-0.15, -0.1) is 0 Å². The van der Waals surface area contributed by atoms with Crippen molar-refractivity contribution in [3.63, 3.8) is 0 Å². The van der Waals surface area contributed by atoms with Crippen molar-refractivity contribution in [2.24, 2.45) is 0 Å². The van der Waals surface area contributed by atoms with Crippen LogP contribution in [-0.4, -0.2) is 29.5 Å².